The Labute approximate surface area is 110 Å². The van der Waals surface area contributed by atoms with Crippen LogP contribution in [0.15, 0.2) is 16.6 Å². The number of carboxylic acid groups (broad SMARTS) is 1. The molecule has 1 aromatic carbocycles. The summed E-state index contributed by atoms with van der Waals surface area (Å²) in [5.74, 6) is -5.82. The summed E-state index contributed by atoms with van der Waals surface area (Å²) >= 11 is 2.80. The molecule has 18 heavy (non-hydrogen) atoms. The third-order valence-corrected chi connectivity index (χ3v) is 2.82. The summed E-state index contributed by atoms with van der Waals surface area (Å²) in [7, 11) is 0. The van der Waals surface area contributed by atoms with Gasteiger partial charge in [0.05, 0.1) is 10.0 Å². The van der Waals surface area contributed by atoms with Gasteiger partial charge >= 0.3 is 5.97 Å². The molecule has 0 saturated heterocycles. The zero-order chi connectivity index (χ0) is 13.9. The van der Waals surface area contributed by atoms with Crippen molar-refractivity contribution >= 4 is 21.9 Å². The Morgan fingerprint density at radius 2 is 2.11 bits per heavy atom. The predicted molar refractivity (Wildman–Crippen MR) is 61.4 cm³/mol. The molecule has 0 atom stereocenters. The van der Waals surface area contributed by atoms with E-state index in [9.17, 15) is 18.0 Å². The zero-order valence-corrected chi connectivity index (χ0v) is 10.9. The number of ether oxygens (including phenoxy) is 1. The van der Waals surface area contributed by atoms with Gasteiger partial charge in [0.2, 0.25) is 0 Å². The molecule has 100 valence electrons. The largest absolute Gasteiger partial charge is 0.481 e. The number of benzene rings is 1. The van der Waals surface area contributed by atoms with E-state index in [-0.39, 0.29) is 4.47 Å². The third-order valence-electron chi connectivity index (χ3n) is 2.21. The van der Waals surface area contributed by atoms with Crippen molar-refractivity contribution in [3.8, 4) is 5.75 Å². The Morgan fingerprint density at radius 3 is 2.61 bits per heavy atom. The molecule has 3 nitrogen and oxygen atoms in total. The summed E-state index contributed by atoms with van der Waals surface area (Å²) in [6, 6.07) is 1.64. The molecule has 0 unspecified atom stereocenters. The van der Waals surface area contributed by atoms with Crippen LogP contribution >= 0.6 is 15.9 Å². The molecule has 0 aliphatic heterocycles. The fourth-order valence-corrected chi connectivity index (χ4v) is 1.61. The van der Waals surface area contributed by atoms with Crippen LogP contribution in [0.2, 0.25) is 0 Å². The molecule has 0 fully saturated rings. The summed E-state index contributed by atoms with van der Waals surface area (Å²) in [5.41, 5.74) is -0.542. The first-order valence-electron chi connectivity index (χ1n) is 5.00. The average molecular weight is 327 g/mol. The first kappa shape index (κ1) is 14.8. The number of hydrogen-bond acceptors (Lipinski definition) is 2. The maximum Gasteiger partial charge on any atom is 0.341 e. The SMILES string of the molecule is CCC(F)(F)c1cc(Br)c(F)cc1OCC(=O)O. The minimum Gasteiger partial charge on any atom is -0.481 e. The van der Waals surface area contributed by atoms with Crippen LogP contribution in [-0.4, -0.2) is 17.7 Å². The van der Waals surface area contributed by atoms with Gasteiger partial charge in [-0.15, -0.1) is 0 Å². The van der Waals surface area contributed by atoms with Gasteiger partial charge in [-0.2, -0.15) is 0 Å². The Kier molecular flexibility index (Phi) is 4.61. The number of carbonyl (C=O) groups is 1. The highest BCUT2D eigenvalue weighted by Gasteiger charge is 2.33. The second-order valence-electron chi connectivity index (χ2n) is 3.50. The van der Waals surface area contributed by atoms with Crippen LogP contribution in [0, 0.1) is 5.82 Å². The Bertz CT molecular complexity index is 463. The lowest BCUT2D eigenvalue weighted by molar-refractivity contribution is -0.139. The van der Waals surface area contributed by atoms with E-state index < -0.39 is 42.0 Å². The van der Waals surface area contributed by atoms with Gasteiger partial charge in [-0.25, -0.2) is 18.0 Å². The van der Waals surface area contributed by atoms with Gasteiger partial charge < -0.3 is 9.84 Å². The number of alkyl halides is 2. The van der Waals surface area contributed by atoms with Crippen molar-refractivity contribution in [1.82, 2.24) is 0 Å². The van der Waals surface area contributed by atoms with E-state index in [2.05, 4.69) is 20.7 Å². The number of hydrogen-bond donors (Lipinski definition) is 1. The number of rotatable bonds is 5. The van der Waals surface area contributed by atoms with E-state index in [4.69, 9.17) is 5.11 Å². The van der Waals surface area contributed by atoms with Gasteiger partial charge in [-0.05, 0) is 22.0 Å². The number of aliphatic carboxylic acids is 1. The van der Waals surface area contributed by atoms with Crippen LogP contribution in [-0.2, 0) is 10.7 Å². The third kappa shape index (κ3) is 3.38. The van der Waals surface area contributed by atoms with Crippen molar-refractivity contribution in [2.45, 2.75) is 19.3 Å². The second-order valence-corrected chi connectivity index (χ2v) is 4.36. The minimum atomic E-state index is -3.22. The van der Waals surface area contributed by atoms with E-state index in [1.807, 2.05) is 0 Å². The number of carboxylic acids is 1. The van der Waals surface area contributed by atoms with Crippen molar-refractivity contribution < 1.29 is 27.8 Å². The maximum absolute atomic E-state index is 13.6. The van der Waals surface area contributed by atoms with E-state index >= 15 is 0 Å². The fourth-order valence-electron chi connectivity index (χ4n) is 1.26. The zero-order valence-electron chi connectivity index (χ0n) is 9.34. The highest BCUT2D eigenvalue weighted by Crippen LogP contribution is 2.40. The lowest BCUT2D eigenvalue weighted by atomic mass is 10.1. The lowest BCUT2D eigenvalue weighted by Gasteiger charge is -2.19. The van der Waals surface area contributed by atoms with Crippen molar-refractivity contribution in [2.24, 2.45) is 0 Å². The maximum atomic E-state index is 13.6. The summed E-state index contributed by atoms with van der Waals surface area (Å²) in [5, 5.41) is 8.43. The van der Waals surface area contributed by atoms with Crippen molar-refractivity contribution in [1.29, 1.82) is 0 Å². The molecule has 0 amide bonds. The molecule has 0 saturated carbocycles. The van der Waals surface area contributed by atoms with E-state index in [1.54, 1.807) is 0 Å². The molecule has 0 bridgehead atoms. The summed E-state index contributed by atoms with van der Waals surface area (Å²) in [6.45, 7) is 0.451. The summed E-state index contributed by atoms with van der Waals surface area (Å²) in [4.78, 5) is 10.3. The van der Waals surface area contributed by atoms with Crippen molar-refractivity contribution in [2.75, 3.05) is 6.61 Å². The van der Waals surface area contributed by atoms with Crippen molar-refractivity contribution in [3.63, 3.8) is 0 Å². The van der Waals surface area contributed by atoms with Crippen LogP contribution < -0.4 is 4.74 Å². The highest BCUT2D eigenvalue weighted by molar-refractivity contribution is 9.10. The summed E-state index contributed by atoms with van der Waals surface area (Å²) in [6.07, 6.45) is -0.505. The van der Waals surface area contributed by atoms with Crippen molar-refractivity contribution in [3.05, 3.63) is 28.0 Å². The monoisotopic (exact) mass is 326 g/mol. The molecule has 0 aromatic heterocycles. The van der Waals surface area contributed by atoms with E-state index in [0.29, 0.717) is 0 Å². The van der Waals surface area contributed by atoms with Gasteiger partial charge in [-0.1, -0.05) is 6.92 Å². The molecule has 0 aliphatic rings. The predicted octanol–water partition coefficient (Wildman–Crippen LogP) is 3.55. The average Bonchev–Trinajstić information content (AvgIpc) is 2.29. The standard InChI is InChI=1S/C11H10BrF3O3/c1-2-11(14,15)6-3-7(12)8(13)4-9(6)18-5-10(16)17/h3-4H,2,5H2,1H3,(H,16,17). The quantitative estimate of drug-likeness (QED) is 0.900. The molecule has 0 aliphatic carbocycles. The fraction of sp³-hybridized carbons (Fsp3) is 0.364. The molecule has 7 heteroatoms. The van der Waals surface area contributed by atoms with Crippen LogP contribution in [0.5, 0.6) is 5.75 Å². The molecule has 0 heterocycles. The minimum absolute atomic E-state index is 0.131. The lowest BCUT2D eigenvalue weighted by Crippen LogP contribution is -2.17. The van der Waals surface area contributed by atoms with Gasteiger partial charge in [-0.3, -0.25) is 0 Å². The molecule has 1 aromatic rings. The van der Waals surface area contributed by atoms with E-state index in [0.717, 1.165) is 12.1 Å². The first-order chi connectivity index (χ1) is 8.27. The van der Waals surface area contributed by atoms with Crippen LogP contribution in [0.4, 0.5) is 13.2 Å². The molecular weight excluding hydrogens is 317 g/mol. The molecule has 1 rings (SSSR count). The van der Waals surface area contributed by atoms with Crippen LogP contribution in [0.25, 0.3) is 0 Å². The van der Waals surface area contributed by atoms with Crippen LogP contribution in [0.1, 0.15) is 18.9 Å². The van der Waals surface area contributed by atoms with Gasteiger partial charge in [0, 0.05) is 12.5 Å². The molecule has 0 spiro atoms. The Morgan fingerprint density at radius 1 is 1.50 bits per heavy atom. The first-order valence-corrected chi connectivity index (χ1v) is 5.79. The number of halogens is 4. The smallest absolute Gasteiger partial charge is 0.341 e. The Hall–Kier alpha value is -1.24. The molecule has 1 N–H and O–H groups in total. The van der Waals surface area contributed by atoms with E-state index in [1.165, 1.54) is 6.92 Å². The van der Waals surface area contributed by atoms with Gasteiger partial charge in [0.1, 0.15) is 11.6 Å². The topological polar surface area (TPSA) is 46.5 Å². The molecular formula is C11H10BrF3O3. The van der Waals surface area contributed by atoms with Gasteiger partial charge in [0.25, 0.3) is 5.92 Å². The second kappa shape index (κ2) is 5.60. The summed E-state index contributed by atoms with van der Waals surface area (Å²) < 4.78 is 45.0. The van der Waals surface area contributed by atoms with Crippen LogP contribution in [0.3, 0.4) is 0 Å². The molecule has 0 radical (unpaired) electrons. The van der Waals surface area contributed by atoms with Gasteiger partial charge in [0.15, 0.2) is 6.61 Å². The normalized spacial score (nSPS) is 11.4. The Balaban J connectivity index is 3.21. The highest BCUT2D eigenvalue weighted by atomic mass is 79.9.